The minimum absolute atomic E-state index is 0.0170. The van der Waals surface area contributed by atoms with Crippen LogP contribution in [0, 0.1) is 0 Å². The first-order valence-electron chi connectivity index (χ1n) is 12.3. The molecular formula is C23H41N5O8S. The summed E-state index contributed by atoms with van der Waals surface area (Å²) < 4.78 is 31.5. The number of carbonyl (C=O) groups excluding carboxylic acids is 5. The number of nitrogens with one attached hydrogen (secondary N) is 1. The average Bonchev–Trinajstić information content (AvgIpc) is 2.73. The van der Waals surface area contributed by atoms with Gasteiger partial charge in [0.05, 0.1) is 26.2 Å². The van der Waals surface area contributed by atoms with Crippen LogP contribution in [0.4, 0.5) is 0 Å². The largest absolute Gasteiger partial charge is 0.344 e. The number of amides is 1. The summed E-state index contributed by atoms with van der Waals surface area (Å²) in [6, 6.07) is -1.37. The molecular weight excluding hydrogens is 506 g/mol. The van der Waals surface area contributed by atoms with Crippen LogP contribution in [0.25, 0.3) is 0 Å². The third-order valence-electron chi connectivity index (χ3n) is 5.84. The van der Waals surface area contributed by atoms with Crippen molar-refractivity contribution in [2.75, 3.05) is 84.3 Å². The zero-order chi connectivity index (χ0) is 28.2. The van der Waals surface area contributed by atoms with Crippen molar-refractivity contribution in [3.8, 4) is 0 Å². The summed E-state index contributed by atoms with van der Waals surface area (Å²) >= 11 is 0. The second kappa shape index (κ2) is 16.0. The second-order valence-corrected chi connectivity index (χ2v) is 11.2. The molecule has 13 nitrogen and oxygen atoms in total. The molecule has 0 saturated carbocycles. The Bertz CT molecular complexity index is 894. The number of Topliss-reactive ketones (excluding diaryl/α,β-unsaturated/α-hetero) is 4. The molecule has 1 fully saturated rings. The van der Waals surface area contributed by atoms with Crippen molar-refractivity contribution < 1.29 is 36.9 Å². The van der Waals surface area contributed by atoms with Crippen molar-refractivity contribution in [1.29, 1.82) is 0 Å². The van der Waals surface area contributed by atoms with Crippen LogP contribution >= 0.6 is 0 Å². The molecule has 0 radical (unpaired) electrons. The van der Waals surface area contributed by atoms with Gasteiger partial charge in [-0.2, -0.15) is 8.42 Å². The first-order valence-corrected chi connectivity index (χ1v) is 13.9. The maximum absolute atomic E-state index is 12.7. The normalized spacial score (nSPS) is 18.8. The van der Waals surface area contributed by atoms with Gasteiger partial charge in [-0.1, -0.05) is 0 Å². The number of carbonyl (C=O) groups is 5. The summed E-state index contributed by atoms with van der Waals surface area (Å²) in [7, 11) is -4.48. The van der Waals surface area contributed by atoms with E-state index in [1.54, 1.807) is 0 Å². The summed E-state index contributed by atoms with van der Waals surface area (Å²) in [6.07, 6.45) is 0. The van der Waals surface area contributed by atoms with Crippen molar-refractivity contribution in [2.45, 2.75) is 33.7 Å². The van der Waals surface area contributed by atoms with Gasteiger partial charge in [-0.3, -0.25) is 48.1 Å². The first-order chi connectivity index (χ1) is 17.1. The maximum atomic E-state index is 12.7. The summed E-state index contributed by atoms with van der Waals surface area (Å²) in [5.41, 5.74) is 0. The number of hydrogen-bond donors (Lipinski definition) is 2. The molecule has 2 N–H and O–H groups in total. The smallest absolute Gasteiger partial charge is 0.267 e. The highest BCUT2D eigenvalue weighted by molar-refractivity contribution is 7.85. The van der Waals surface area contributed by atoms with E-state index < -0.39 is 33.6 Å². The molecule has 1 aliphatic heterocycles. The van der Waals surface area contributed by atoms with E-state index in [9.17, 15) is 32.4 Å². The van der Waals surface area contributed by atoms with Gasteiger partial charge in [0.2, 0.25) is 5.91 Å². The Hall–Kier alpha value is -2.10. The van der Waals surface area contributed by atoms with Crippen LogP contribution in [-0.2, 0) is 34.1 Å². The fraction of sp³-hybridized carbons (Fsp3) is 0.783. The molecule has 0 bridgehead atoms. The van der Waals surface area contributed by atoms with Crippen molar-refractivity contribution in [3.05, 3.63) is 0 Å². The summed E-state index contributed by atoms with van der Waals surface area (Å²) in [6.45, 7) is 10.0. The molecule has 212 valence electrons. The zero-order valence-electron chi connectivity index (χ0n) is 22.3. The Morgan fingerprint density at radius 1 is 0.649 bits per heavy atom. The van der Waals surface area contributed by atoms with Crippen molar-refractivity contribution in [3.63, 3.8) is 0 Å². The molecule has 37 heavy (non-hydrogen) atoms. The van der Waals surface area contributed by atoms with E-state index in [0.29, 0.717) is 52.4 Å². The van der Waals surface area contributed by atoms with Gasteiger partial charge in [-0.25, -0.2) is 0 Å². The lowest BCUT2D eigenvalue weighted by molar-refractivity contribution is -0.127. The van der Waals surface area contributed by atoms with Gasteiger partial charge in [0, 0.05) is 52.4 Å². The van der Waals surface area contributed by atoms with Gasteiger partial charge < -0.3 is 5.32 Å². The highest BCUT2D eigenvalue weighted by atomic mass is 32.2. The molecule has 1 saturated heterocycles. The van der Waals surface area contributed by atoms with Crippen molar-refractivity contribution in [2.24, 2.45) is 0 Å². The van der Waals surface area contributed by atoms with E-state index >= 15 is 0 Å². The molecule has 0 aliphatic carbocycles. The van der Waals surface area contributed by atoms with Crippen LogP contribution in [0.2, 0.25) is 0 Å². The van der Waals surface area contributed by atoms with Gasteiger partial charge in [-0.05, 0) is 27.7 Å². The van der Waals surface area contributed by atoms with E-state index in [-0.39, 0.29) is 43.5 Å². The van der Waals surface area contributed by atoms with E-state index in [1.807, 2.05) is 19.6 Å². The van der Waals surface area contributed by atoms with Gasteiger partial charge in [-0.15, -0.1) is 0 Å². The highest BCUT2D eigenvalue weighted by Crippen LogP contribution is 2.02. The summed E-state index contributed by atoms with van der Waals surface area (Å²) in [4.78, 5) is 67.6. The fourth-order valence-corrected chi connectivity index (χ4v) is 4.81. The minimum Gasteiger partial charge on any atom is -0.344 e. The molecule has 0 spiro atoms. The predicted molar refractivity (Wildman–Crippen MR) is 137 cm³/mol. The van der Waals surface area contributed by atoms with Crippen LogP contribution in [0.3, 0.4) is 0 Å². The van der Waals surface area contributed by atoms with E-state index in [4.69, 9.17) is 4.55 Å². The third kappa shape index (κ3) is 15.7. The number of nitrogens with zero attached hydrogens (tertiary/aromatic N) is 4. The molecule has 1 atom stereocenters. The van der Waals surface area contributed by atoms with Gasteiger partial charge in [0.25, 0.3) is 10.1 Å². The highest BCUT2D eigenvalue weighted by Gasteiger charge is 2.25. The Kier molecular flexibility index (Phi) is 14.2. The predicted octanol–water partition coefficient (Wildman–Crippen LogP) is -2.06. The summed E-state index contributed by atoms with van der Waals surface area (Å²) in [5, 5.41) is 2.37. The van der Waals surface area contributed by atoms with Crippen molar-refractivity contribution >= 4 is 39.2 Å². The van der Waals surface area contributed by atoms with Crippen LogP contribution in [0.5, 0.6) is 0 Å². The molecule has 1 heterocycles. The lowest BCUT2D eigenvalue weighted by Gasteiger charge is -2.33. The minimum atomic E-state index is -4.48. The Labute approximate surface area is 219 Å². The lowest BCUT2D eigenvalue weighted by atomic mass is 10.2. The van der Waals surface area contributed by atoms with Crippen molar-refractivity contribution in [1.82, 2.24) is 24.9 Å². The Morgan fingerprint density at radius 2 is 0.946 bits per heavy atom. The number of hydrogen-bond acceptors (Lipinski definition) is 11. The molecule has 0 aromatic rings. The number of ketones is 4. The molecule has 0 aromatic heterocycles. The quantitative estimate of drug-likeness (QED) is 0.257. The van der Waals surface area contributed by atoms with Gasteiger partial charge in [0.15, 0.2) is 5.78 Å². The molecule has 1 rings (SSSR count). The van der Waals surface area contributed by atoms with Crippen LogP contribution in [0.1, 0.15) is 27.7 Å². The second-order valence-electron chi connectivity index (χ2n) is 9.69. The monoisotopic (exact) mass is 547 g/mol. The molecule has 1 aliphatic rings. The number of rotatable bonds is 12. The van der Waals surface area contributed by atoms with Crippen LogP contribution in [0.15, 0.2) is 0 Å². The average molecular weight is 548 g/mol. The Morgan fingerprint density at radius 3 is 1.19 bits per heavy atom. The van der Waals surface area contributed by atoms with Crippen LogP contribution < -0.4 is 5.32 Å². The topological polar surface area (TPSA) is 165 Å². The Balaban J connectivity index is 3.03. The third-order valence-corrected chi connectivity index (χ3v) is 6.59. The van der Waals surface area contributed by atoms with E-state index in [1.165, 1.54) is 20.8 Å². The fourth-order valence-electron chi connectivity index (χ4n) is 4.07. The summed E-state index contributed by atoms with van der Waals surface area (Å²) in [5.74, 6) is -2.11. The SMILES string of the molecule is CC(=O)CN1CCN(CC(C)=O)CCN(CC(=O)N[C@@H](CS(=O)(=O)O)C(C)=O)CCN(CC(C)=O)CC1. The standard InChI is InChI=1S/C23H41N5O8S/c1-18(29)13-25-5-7-26(14-19(2)30)9-11-28(12-10-27(8-6-25)15-20(3)31)16-23(33)24-22(21(4)32)17-37(34,35)36/h22H,5-17H2,1-4H3,(H,24,33)(H,34,35,36)/t22-/m0/s1. The van der Waals surface area contributed by atoms with E-state index in [2.05, 4.69) is 5.32 Å². The molecule has 1 amide bonds. The van der Waals surface area contributed by atoms with Gasteiger partial charge in [0.1, 0.15) is 29.1 Å². The zero-order valence-corrected chi connectivity index (χ0v) is 23.1. The first kappa shape index (κ1) is 32.9. The molecule has 0 unspecified atom stereocenters. The maximum Gasteiger partial charge on any atom is 0.267 e. The van der Waals surface area contributed by atoms with Crippen LogP contribution in [-0.4, -0.2) is 152 Å². The molecule has 14 heteroatoms. The van der Waals surface area contributed by atoms with E-state index in [0.717, 1.165) is 6.92 Å². The van der Waals surface area contributed by atoms with Gasteiger partial charge >= 0.3 is 0 Å². The molecule has 0 aromatic carbocycles. The lowest BCUT2D eigenvalue weighted by Crippen LogP contribution is -2.51.